The first kappa shape index (κ1) is 96.7. The number of guanidine groups is 5. The van der Waals surface area contributed by atoms with Crippen LogP contribution in [0.5, 0.6) is 0 Å². The molecule has 630 valence electrons. The quantitative estimate of drug-likeness (QED) is 0.0143. The Bertz CT molecular complexity index is 4490. The number of thioether (sulfide) groups is 1. The lowest BCUT2D eigenvalue weighted by atomic mass is 10.1. The average molecular weight is 1800 g/mol. The first-order valence-electron chi connectivity index (χ1n) is 34.2. The van der Waals surface area contributed by atoms with E-state index in [2.05, 4.69) is 91.6 Å². The minimum absolute atomic E-state index is 0.182. The van der Waals surface area contributed by atoms with Crippen LogP contribution in [-0.2, 0) is 48.7 Å². The van der Waals surface area contributed by atoms with Gasteiger partial charge < -0.3 is 69.9 Å². The van der Waals surface area contributed by atoms with Gasteiger partial charge in [0, 0.05) is 148 Å². The highest BCUT2D eigenvalue weighted by Gasteiger charge is 2.30. The number of thiazole rings is 2. The summed E-state index contributed by atoms with van der Waals surface area (Å²) in [5.74, 6) is 3.31. The van der Waals surface area contributed by atoms with Gasteiger partial charge in [0.15, 0.2) is 39.3 Å². The molecule has 0 bridgehead atoms. The summed E-state index contributed by atoms with van der Waals surface area (Å²) >= 11 is 38.5. The normalized spacial score (nSPS) is 16.6. The second-order valence-corrected chi connectivity index (χ2v) is 29.7. The fourth-order valence-corrected chi connectivity index (χ4v) is 13.1. The molecule has 5 aliphatic heterocycles. The van der Waals surface area contributed by atoms with E-state index < -0.39 is 25.2 Å². The van der Waals surface area contributed by atoms with Gasteiger partial charge in [-0.05, 0) is 73.8 Å². The van der Waals surface area contributed by atoms with Gasteiger partial charge in [-0.25, -0.2) is 80.5 Å². The Morgan fingerprint density at radius 3 is 1.63 bits per heavy atom. The monoisotopic (exact) mass is 1800 g/mol. The number of nitriles is 2. The predicted octanol–water partition coefficient (Wildman–Crippen LogP) is 7.54. The van der Waals surface area contributed by atoms with Gasteiger partial charge in [0.2, 0.25) is 12.4 Å². The van der Waals surface area contributed by atoms with Crippen LogP contribution < -0.4 is 21.3 Å². The van der Waals surface area contributed by atoms with E-state index >= 15 is 0 Å². The fraction of sp³-hybridized carbons (Fsp3) is 0.444. The molecule has 1 unspecified atom stereocenters. The van der Waals surface area contributed by atoms with Gasteiger partial charge in [-0.2, -0.15) is 15.5 Å². The molecule has 117 heavy (non-hydrogen) atoms. The van der Waals surface area contributed by atoms with Crippen molar-refractivity contribution < 1.29 is 34.6 Å². The summed E-state index contributed by atoms with van der Waals surface area (Å²) in [4.78, 5) is 99.6. The Kier molecular flexibility index (Phi) is 42.9. The van der Waals surface area contributed by atoms with Crippen molar-refractivity contribution in [3.05, 3.63) is 198 Å². The number of nitro groups is 5. The maximum Gasteiger partial charge on any atom is 0.277 e. The Labute approximate surface area is 712 Å². The predicted molar refractivity (Wildman–Crippen MR) is 444 cm³/mol. The molecule has 11 heterocycles. The molecule has 0 radical (unpaired) electrons. The van der Waals surface area contributed by atoms with E-state index in [1.807, 2.05) is 66.7 Å². The van der Waals surface area contributed by atoms with Gasteiger partial charge in [-0.3, -0.25) is 4.90 Å². The Morgan fingerprint density at radius 1 is 0.641 bits per heavy atom. The largest absolute Gasteiger partial charge is 0.381 e. The molecule has 0 aromatic carbocycles. The van der Waals surface area contributed by atoms with Crippen LogP contribution in [0.1, 0.15) is 53.9 Å². The number of amidine groups is 2. The van der Waals surface area contributed by atoms with Crippen LogP contribution in [0.25, 0.3) is 0 Å². The van der Waals surface area contributed by atoms with Gasteiger partial charge >= 0.3 is 0 Å². The van der Waals surface area contributed by atoms with Crippen LogP contribution in [0.3, 0.4) is 0 Å². The van der Waals surface area contributed by atoms with Crippen LogP contribution in [-0.4, -0.2) is 261 Å². The second-order valence-electron chi connectivity index (χ2n) is 24.2. The zero-order chi connectivity index (χ0) is 85.9. The van der Waals surface area contributed by atoms with Crippen molar-refractivity contribution in [2.45, 2.75) is 59.5 Å². The number of aromatic nitrogens is 6. The summed E-state index contributed by atoms with van der Waals surface area (Å²) in [5, 5.41) is 99.0. The van der Waals surface area contributed by atoms with Crippen LogP contribution in [0, 0.1) is 79.4 Å². The van der Waals surface area contributed by atoms with Crippen LogP contribution in [0.4, 0.5) is 0 Å². The summed E-state index contributed by atoms with van der Waals surface area (Å²) in [5.41, 5.74) is 5.41. The minimum Gasteiger partial charge on any atom is -0.381 e. The molecule has 4 N–H and O–H groups in total. The van der Waals surface area contributed by atoms with Gasteiger partial charge in [-0.1, -0.05) is 106 Å². The van der Waals surface area contributed by atoms with Crippen LogP contribution in [0.15, 0.2) is 120 Å². The smallest absolute Gasteiger partial charge is 0.277 e. The highest BCUT2D eigenvalue weighted by atomic mass is 35.5. The molecular weight excluding hydrogens is 1720 g/mol. The zero-order valence-electron chi connectivity index (χ0n) is 64.0. The standard InChI is InChI=1S/C10H14ClN5O2.C10H9ClN4S.C10H11ClN4.C9H13ClN6O2S.C9H10ClN5O2.C8H10ClN5O3S.C7H14N4O3/c1-3-15(10(12-2)14-16(17)18)7-8-4-5-9(11)13-6-8;11-9-2-1-8(5-13-9)6-15-3-4-16-10(15)14-7-12;1-8(14-7-12)15(2)6-9-3-4-10(11)13-5-9;1-13-5-14(2)9(12-16(17)18)15(6-13)3-7-4-19-8(10)11-7;10-8-2-1-7(5-12-8)6-14-4-3-11-9(14)13-15(16)17;1-12-4-17-5-13(8(12)11-14(15)16)2-6-3-18-7(9)10-6;1-8-7(10-11(12)13)9-4-6-2-3-14-5-6/h4-6H,3,7H2,1-2H3,(H,12,14);1-2,5H,3-4,6H2;3-5H,6H2,1-2H3;4H,3,5-6H2,1-2H3;1-2,5H,3-4,6H2,(H,11,13);3H,2,4-5H2,1H3;6H,2-5H2,1H3,(H2,8,9,10)/b;;;12-9+;;11-8+;. The summed E-state index contributed by atoms with van der Waals surface area (Å²) in [7, 11) is 10.4. The Morgan fingerprint density at radius 2 is 1.17 bits per heavy atom. The lowest BCUT2D eigenvalue weighted by molar-refractivity contribution is -0.486. The van der Waals surface area contributed by atoms with E-state index in [1.165, 1.54) is 22.7 Å². The molecule has 54 heteroatoms. The second kappa shape index (κ2) is 51.9. The highest BCUT2D eigenvalue weighted by Crippen LogP contribution is 2.23. The number of rotatable bonds is 20. The van der Waals surface area contributed by atoms with Crippen molar-refractivity contribution >= 4 is 145 Å². The topological polar surface area (TPSA) is 523 Å². The van der Waals surface area contributed by atoms with E-state index in [0.29, 0.717) is 126 Å². The van der Waals surface area contributed by atoms with Crippen molar-refractivity contribution in [1.82, 2.24) is 95.3 Å². The van der Waals surface area contributed by atoms with Crippen molar-refractivity contribution in [2.24, 2.45) is 41.4 Å². The molecule has 1 atom stereocenters. The average Bonchev–Trinajstić information content (AvgIpc) is 1.67. The third kappa shape index (κ3) is 37.3. The number of aliphatic imine (C=N–C) groups is 2. The molecule has 5 fully saturated rings. The van der Waals surface area contributed by atoms with Crippen LogP contribution >= 0.6 is 104 Å². The van der Waals surface area contributed by atoms with E-state index in [0.717, 1.165) is 70.7 Å². The van der Waals surface area contributed by atoms with Crippen molar-refractivity contribution in [1.29, 1.82) is 10.5 Å². The molecule has 0 spiro atoms. The SMILES string of the molecule is CC(=NC#N)N(C)Cc1ccc(Cl)nc1.CCN(Cc1ccc(Cl)nc1)/C(=N/[N+](=O)[O-])NC.CN/C(=N\[N+](=O)[O-])NCC1CCOC1.CN1CN(C)/C(=N\[N+](=O)[O-])N(Cc2csc(Cl)n2)C1.CN1COCN(Cc2csc(Cl)n2)/C1=N/[N+](=O)[O-].N#CN=C1SCCN1Cc1ccc(Cl)nc1.O=[N+]([O-])/N=C1\NCCN1Cc1ccc(Cl)nc1. The minimum atomic E-state index is -0.732. The van der Waals surface area contributed by atoms with Gasteiger partial charge in [0.05, 0.1) is 44.4 Å². The maximum atomic E-state index is 10.6. The van der Waals surface area contributed by atoms with Gasteiger partial charge in [0.1, 0.15) is 65.4 Å². The molecule has 5 saturated heterocycles. The van der Waals surface area contributed by atoms with Gasteiger partial charge in [0.25, 0.3) is 29.8 Å². The third-order valence-electron chi connectivity index (χ3n) is 15.4. The molecule has 5 aliphatic rings. The maximum absolute atomic E-state index is 10.6. The van der Waals surface area contributed by atoms with E-state index in [9.17, 15) is 50.6 Å². The third-order valence-corrected chi connectivity index (χ3v) is 19.4. The lowest BCUT2D eigenvalue weighted by Crippen LogP contribution is -2.56. The number of pyridine rings is 4. The van der Waals surface area contributed by atoms with Gasteiger partial charge in [-0.15, -0.1) is 27.7 Å². The molecule has 0 aliphatic carbocycles. The molecule has 45 nitrogen and oxygen atoms in total. The fourth-order valence-electron chi connectivity index (χ4n) is 10.2. The highest BCUT2D eigenvalue weighted by molar-refractivity contribution is 8.14. The number of hydrogen-bond acceptors (Lipinski definition) is 26. The first-order valence-corrected chi connectivity index (χ1v) is 39.2. The number of halogens is 6. The lowest BCUT2D eigenvalue weighted by Gasteiger charge is -2.39. The van der Waals surface area contributed by atoms with Crippen molar-refractivity contribution in [3.8, 4) is 12.4 Å². The van der Waals surface area contributed by atoms with E-state index in [1.54, 1.807) is 137 Å². The van der Waals surface area contributed by atoms with Crippen LogP contribution in [0.2, 0.25) is 29.5 Å². The summed E-state index contributed by atoms with van der Waals surface area (Å²) in [6, 6.07) is 14.3. The first-order chi connectivity index (χ1) is 55.9. The molecule has 6 aromatic rings. The molecule has 6 aromatic heterocycles. The van der Waals surface area contributed by atoms with Crippen molar-refractivity contribution in [2.75, 3.05) is 121 Å². The van der Waals surface area contributed by atoms with E-state index in [4.69, 9.17) is 89.6 Å². The number of hydrazone groups is 5. The van der Waals surface area contributed by atoms with Crippen molar-refractivity contribution in [3.63, 3.8) is 0 Å². The number of hydrogen-bond donors (Lipinski definition) is 4. The number of nitrogens with zero attached hydrogens (tertiary/aromatic N) is 29. The zero-order valence-corrected chi connectivity index (χ0v) is 70.9. The molecule has 11 rings (SSSR count). The molecule has 0 amide bonds. The summed E-state index contributed by atoms with van der Waals surface area (Å²) < 4.78 is 11.3. The number of ether oxygens (including phenoxy) is 2. The Hall–Kier alpha value is -10.9. The summed E-state index contributed by atoms with van der Waals surface area (Å²) in [6.45, 7) is 13.4. The summed E-state index contributed by atoms with van der Waals surface area (Å²) in [6.07, 6.45) is 11.3. The molecule has 0 saturated carbocycles. The molecular formula is C63H81Cl6N33O12S3. The Balaban J connectivity index is 0.000000244. The number of nitrogens with one attached hydrogen (secondary N) is 4. The van der Waals surface area contributed by atoms with E-state index in [-0.39, 0.29) is 37.3 Å².